The number of aromatic nitrogens is 3. The number of benzene rings is 2. The molecule has 1 aliphatic rings. The summed E-state index contributed by atoms with van der Waals surface area (Å²) in [4.78, 5) is 42.4. The Morgan fingerprint density at radius 3 is 2.33 bits per heavy atom. The van der Waals surface area contributed by atoms with E-state index in [0.717, 1.165) is 0 Å². The predicted octanol–water partition coefficient (Wildman–Crippen LogP) is 1.65. The molecule has 0 spiro atoms. The Morgan fingerprint density at radius 2 is 1.63 bits per heavy atom. The molecule has 0 amide bonds. The predicted molar refractivity (Wildman–Crippen MR) is 108 cm³/mol. The van der Waals surface area contributed by atoms with E-state index >= 15 is 0 Å². The summed E-state index contributed by atoms with van der Waals surface area (Å²) in [7, 11) is 2.44. The lowest BCUT2D eigenvalue weighted by molar-refractivity contribution is -0.152. The minimum Gasteiger partial charge on any atom is -0.467 e. The zero-order valence-electron chi connectivity index (χ0n) is 16.2. The van der Waals surface area contributed by atoms with Crippen molar-refractivity contribution in [2.75, 3.05) is 19.5 Å². The van der Waals surface area contributed by atoms with Gasteiger partial charge in [0.05, 0.1) is 14.2 Å². The molecule has 4 rings (SSSR count). The molecular weight excluding hydrogens is 388 g/mol. The summed E-state index contributed by atoms with van der Waals surface area (Å²) in [5, 5.41) is 7.48. The fraction of sp³-hybridized carbons (Fsp3) is 0.190. The quantitative estimate of drug-likeness (QED) is 0.654. The van der Waals surface area contributed by atoms with Crippen molar-refractivity contribution in [3.05, 3.63) is 65.0 Å². The number of ether oxygens (including phenoxy) is 2. The summed E-state index contributed by atoms with van der Waals surface area (Å²) >= 11 is 0. The highest BCUT2D eigenvalue weighted by Crippen LogP contribution is 2.34. The average Bonchev–Trinajstić information content (AvgIpc) is 2.92. The van der Waals surface area contributed by atoms with Crippen LogP contribution >= 0.6 is 0 Å². The fourth-order valence-electron chi connectivity index (χ4n) is 3.42. The van der Waals surface area contributed by atoms with Crippen LogP contribution in [0.1, 0.15) is 6.04 Å². The first-order valence-electron chi connectivity index (χ1n) is 9.13. The maximum Gasteiger partial charge on any atom is 0.333 e. The maximum absolute atomic E-state index is 12.8. The minimum atomic E-state index is -1.25. The average molecular weight is 406 g/mol. The second-order valence-electron chi connectivity index (χ2n) is 6.56. The van der Waals surface area contributed by atoms with Gasteiger partial charge in [-0.25, -0.2) is 14.3 Å². The lowest BCUT2D eigenvalue weighted by atomic mass is 10.1. The summed E-state index contributed by atoms with van der Waals surface area (Å²) in [5.74, 6) is -1.27. The van der Waals surface area contributed by atoms with Crippen LogP contribution in [-0.4, -0.2) is 47.0 Å². The molecule has 152 valence electrons. The first-order valence-corrected chi connectivity index (χ1v) is 9.13. The van der Waals surface area contributed by atoms with Crippen LogP contribution in [-0.2, 0) is 19.1 Å². The van der Waals surface area contributed by atoms with Gasteiger partial charge in [-0.05, 0) is 12.1 Å². The number of methoxy groups -OCH3 is 2. The third kappa shape index (κ3) is 3.20. The molecule has 2 unspecified atom stereocenters. The fourth-order valence-corrected chi connectivity index (χ4v) is 3.42. The summed E-state index contributed by atoms with van der Waals surface area (Å²) in [6.45, 7) is 0. The lowest BCUT2D eigenvalue weighted by Crippen LogP contribution is -2.44. The minimum absolute atomic E-state index is 0.0521. The molecule has 2 aromatic carbocycles. The molecule has 30 heavy (non-hydrogen) atoms. The number of nitrogens with zero attached hydrogens (tertiary/aromatic N) is 3. The number of hydrogen-bond donors (Lipinski definition) is 1. The second kappa shape index (κ2) is 7.78. The molecule has 9 heteroatoms. The number of esters is 2. The number of rotatable bonds is 3. The van der Waals surface area contributed by atoms with Crippen LogP contribution in [0.25, 0.3) is 22.6 Å². The smallest absolute Gasteiger partial charge is 0.333 e. The Bertz CT molecular complexity index is 1180. The van der Waals surface area contributed by atoms with Crippen molar-refractivity contribution in [1.29, 1.82) is 0 Å². The third-order valence-corrected chi connectivity index (χ3v) is 4.84. The molecule has 0 saturated carbocycles. The molecule has 1 N–H and O–H groups in total. The monoisotopic (exact) mass is 406 g/mol. The number of hydrogen-bond acceptors (Lipinski definition) is 8. The van der Waals surface area contributed by atoms with Crippen molar-refractivity contribution >= 4 is 17.6 Å². The zero-order chi connectivity index (χ0) is 21.3. The van der Waals surface area contributed by atoms with Crippen molar-refractivity contribution < 1.29 is 19.1 Å². The highest BCUT2D eigenvalue weighted by Gasteiger charge is 2.42. The van der Waals surface area contributed by atoms with Gasteiger partial charge in [0, 0.05) is 16.8 Å². The molecule has 0 bridgehead atoms. The molecule has 1 aromatic heterocycles. The van der Waals surface area contributed by atoms with Crippen molar-refractivity contribution in [2.45, 2.75) is 12.1 Å². The second-order valence-corrected chi connectivity index (χ2v) is 6.56. The van der Waals surface area contributed by atoms with E-state index in [4.69, 9.17) is 9.47 Å². The molecule has 2 atom stereocenters. The third-order valence-electron chi connectivity index (χ3n) is 4.84. The molecule has 0 aliphatic carbocycles. The van der Waals surface area contributed by atoms with Crippen molar-refractivity contribution in [2.24, 2.45) is 0 Å². The SMILES string of the molecule is COC(=O)C1Nc2ccccc2-c2nc(=O)c(-c3ccccc3)nn2C1C(=O)OC. The number of nitrogens with one attached hydrogen (secondary N) is 1. The van der Waals surface area contributed by atoms with E-state index in [-0.39, 0.29) is 11.5 Å². The van der Waals surface area contributed by atoms with Crippen LogP contribution in [0.15, 0.2) is 59.4 Å². The van der Waals surface area contributed by atoms with Crippen molar-refractivity contribution in [3.63, 3.8) is 0 Å². The van der Waals surface area contributed by atoms with Gasteiger partial charge >= 0.3 is 11.9 Å². The van der Waals surface area contributed by atoms with Gasteiger partial charge in [0.25, 0.3) is 5.56 Å². The van der Waals surface area contributed by atoms with E-state index in [0.29, 0.717) is 16.8 Å². The van der Waals surface area contributed by atoms with Gasteiger partial charge < -0.3 is 14.8 Å². The van der Waals surface area contributed by atoms with Crippen LogP contribution in [0.3, 0.4) is 0 Å². The van der Waals surface area contributed by atoms with Gasteiger partial charge in [-0.15, -0.1) is 0 Å². The standard InChI is InChI=1S/C21H18N4O5/c1-29-20(27)16-17(21(28)30-2)25-18(13-10-6-7-11-14(13)22-16)23-19(26)15(24-25)12-8-4-3-5-9-12/h3-11,16-17,22H,1-2H3. The van der Waals surface area contributed by atoms with Gasteiger partial charge in [0.15, 0.2) is 23.6 Å². The van der Waals surface area contributed by atoms with Crippen LogP contribution in [0.4, 0.5) is 5.69 Å². The first kappa shape index (κ1) is 19.3. The number of fused-ring (bicyclic) bond motifs is 3. The Kier molecular flexibility index (Phi) is 5.01. The highest BCUT2D eigenvalue weighted by atomic mass is 16.5. The lowest BCUT2D eigenvalue weighted by Gasteiger charge is -2.24. The van der Waals surface area contributed by atoms with Gasteiger partial charge in [-0.1, -0.05) is 42.5 Å². The number of anilines is 1. The molecule has 1 aliphatic heterocycles. The summed E-state index contributed by atoms with van der Waals surface area (Å²) in [6.07, 6.45) is 0. The molecular formula is C21H18N4O5. The zero-order valence-corrected chi connectivity index (χ0v) is 16.2. The largest absolute Gasteiger partial charge is 0.467 e. The number of carbonyl (C=O) groups is 2. The Labute approximate surface area is 171 Å². The van der Waals surface area contributed by atoms with E-state index in [1.807, 2.05) is 6.07 Å². The number of carbonyl (C=O) groups excluding carboxylic acids is 2. The first-order chi connectivity index (χ1) is 14.5. The Morgan fingerprint density at radius 1 is 0.967 bits per heavy atom. The summed E-state index contributed by atoms with van der Waals surface area (Å²) < 4.78 is 11.1. The van der Waals surface area contributed by atoms with Gasteiger partial charge in [-0.2, -0.15) is 10.1 Å². The van der Waals surface area contributed by atoms with Gasteiger partial charge in [0.1, 0.15) is 0 Å². The Balaban J connectivity index is 2.04. The van der Waals surface area contributed by atoms with E-state index in [9.17, 15) is 14.4 Å². The maximum atomic E-state index is 12.8. The van der Waals surface area contributed by atoms with Crippen LogP contribution in [0.2, 0.25) is 0 Å². The van der Waals surface area contributed by atoms with Crippen molar-refractivity contribution in [1.82, 2.24) is 14.8 Å². The molecule has 0 saturated heterocycles. The van der Waals surface area contributed by atoms with Gasteiger partial charge in [0.2, 0.25) is 0 Å². The van der Waals surface area contributed by atoms with Crippen molar-refractivity contribution in [3.8, 4) is 22.6 Å². The van der Waals surface area contributed by atoms with E-state index in [1.54, 1.807) is 48.5 Å². The van der Waals surface area contributed by atoms with Gasteiger partial charge in [-0.3, -0.25) is 4.79 Å². The summed E-state index contributed by atoms with van der Waals surface area (Å²) in [5.41, 5.74) is 1.06. The highest BCUT2D eigenvalue weighted by molar-refractivity contribution is 5.91. The summed E-state index contributed by atoms with van der Waals surface area (Å²) in [6, 6.07) is 13.3. The van der Waals surface area contributed by atoms with E-state index < -0.39 is 29.6 Å². The molecule has 0 fully saturated rings. The molecule has 9 nitrogen and oxygen atoms in total. The molecule has 3 aromatic rings. The normalized spacial score (nSPS) is 17.0. The van der Waals surface area contributed by atoms with Crippen LogP contribution in [0.5, 0.6) is 0 Å². The Hall–Kier alpha value is -4.01. The van der Waals surface area contributed by atoms with Crippen LogP contribution < -0.4 is 10.9 Å². The topological polar surface area (TPSA) is 112 Å². The van der Waals surface area contributed by atoms with E-state index in [2.05, 4.69) is 15.4 Å². The molecule has 2 heterocycles. The van der Waals surface area contributed by atoms with Crippen LogP contribution in [0, 0.1) is 0 Å². The molecule has 0 radical (unpaired) electrons. The van der Waals surface area contributed by atoms with E-state index in [1.165, 1.54) is 18.9 Å². The number of para-hydroxylation sites is 1.